The second-order valence-corrected chi connectivity index (χ2v) is 5.53. The summed E-state index contributed by atoms with van der Waals surface area (Å²) >= 11 is 0. The third kappa shape index (κ3) is 5.49. The summed E-state index contributed by atoms with van der Waals surface area (Å²) in [5.41, 5.74) is 0.634. The molecule has 2 amide bonds. The SMILES string of the molecule is C=CCCOC(C)C(=O)Nc1cc(OC)c(OC)cc1C(=O)N(C)C. The number of benzene rings is 1. The smallest absolute Gasteiger partial charge is 0.255 e. The fourth-order valence-corrected chi connectivity index (χ4v) is 2.04. The summed E-state index contributed by atoms with van der Waals surface area (Å²) < 4.78 is 15.9. The molecule has 0 saturated heterocycles. The van der Waals surface area contributed by atoms with Crippen molar-refractivity contribution in [1.82, 2.24) is 4.90 Å². The Kier molecular flexibility index (Phi) is 7.94. The van der Waals surface area contributed by atoms with Gasteiger partial charge in [0.25, 0.3) is 11.8 Å². The number of rotatable bonds is 9. The maximum absolute atomic E-state index is 12.4. The number of amides is 2. The Morgan fingerprint density at radius 2 is 1.84 bits per heavy atom. The molecule has 0 bridgehead atoms. The van der Waals surface area contributed by atoms with Crippen molar-refractivity contribution in [1.29, 1.82) is 0 Å². The highest BCUT2D eigenvalue weighted by molar-refractivity contribution is 6.05. The predicted molar refractivity (Wildman–Crippen MR) is 96.4 cm³/mol. The molecule has 0 aliphatic carbocycles. The summed E-state index contributed by atoms with van der Waals surface area (Å²) in [5.74, 6) is 0.190. The monoisotopic (exact) mass is 350 g/mol. The van der Waals surface area contributed by atoms with Crippen molar-refractivity contribution in [2.75, 3.05) is 40.2 Å². The van der Waals surface area contributed by atoms with Crippen LogP contribution in [0.2, 0.25) is 0 Å². The van der Waals surface area contributed by atoms with Crippen LogP contribution in [-0.4, -0.2) is 57.7 Å². The molecule has 0 aromatic heterocycles. The van der Waals surface area contributed by atoms with E-state index in [1.807, 2.05) is 0 Å². The third-order valence-corrected chi connectivity index (χ3v) is 3.48. The Morgan fingerprint density at radius 1 is 1.24 bits per heavy atom. The summed E-state index contributed by atoms with van der Waals surface area (Å²) in [4.78, 5) is 26.2. The molecule has 0 heterocycles. The molecule has 0 spiro atoms. The first kappa shape index (κ1) is 20.5. The Labute approximate surface area is 148 Å². The predicted octanol–water partition coefficient (Wildman–Crippen LogP) is 2.33. The zero-order valence-corrected chi connectivity index (χ0v) is 15.4. The minimum atomic E-state index is -0.671. The van der Waals surface area contributed by atoms with Gasteiger partial charge in [-0.15, -0.1) is 6.58 Å². The molecule has 7 heteroatoms. The maximum Gasteiger partial charge on any atom is 0.255 e. The van der Waals surface area contributed by atoms with Gasteiger partial charge in [-0.3, -0.25) is 9.59 Å². The van der Waals surface area contributed by atoms with Crippen LogP contribution < -0.4 is 14.8 Å². The van der Waals surface area contributed by atoms with Crippen LogP contribution in [0.1, 0.15) is 23.7 Å². The minimum Gasteiger partial charge on any atom is -0.493 e. The molecule has 138 valence electrons. The van der Waals surface area contributed by atoms with Crippen molar-refractivity contribution in [3.8, 4) is 11.5 Å². The zero-order valence-electron chi connectivity index (χ0n) is 15.4. The molecule has 7 nitrogen and oxygen atoms in total. The van der Waals surface area contributed by atoms with Crippen molar-refractivity contribution in [3.63, 3.8) is 0 Å². The van der Waals surface area contributed by atoms with Crippen LogP contribution in [0.5, 0.6) is 11.5 Å². The highest BCUT2D eigenvalue weighted by atomic mass is 16.5. The van der Waals surface area contributed by atoms with Crippen LogP contribution in [-0.2, 0) is 9.53 Å². The number of hydrogen-bond acceptors (Lipinski definition) is 5. The molecule has 25 heavy (non-hydrogen) atoms. The highest BCUT2D eigenvalue weighted by Crippen LogP contribution is 2.34. The molecule has 0 aliphatic rings. The van der Waals surface area contributed by atoms with Gasteiger partial charge >= 0.3 is 0 Å². The van der Waals surface area contributed by atoms with Gasteiger partial charge in [-0.05, 0) is 19.4 Å². The van der Waals surface area contributed by atoms with Crippen molar-refractivity contribution in [2.45, 2.75) is 19.4 Å². The number of nitrogens with zero attached hydrogens (tertiary/aromatic N) is 1. The average Bonchev–Trinajstić information content (AvgIpc) is 2.60. The molecule has 1 rings (SSSR count). The summed E-state index contributed by atoms with van der Waals surface area (Å²) in [6, 6.07) is 3.10. The first-order valence-electron chi connectivity index (χ1n) is 7.86. The fraction of sp³-hybridized carbons (Fsp3) is 0.444. The maximum atomic E-state index is 12.4. The summed E-state index contributed by atoms with van der Waals surface area (Å²) in [6.45, 7) is 5.65. The topological polar surface area (TPSA) is 77.1 Å². The quantitative estimate of drug-likeness (QED) is 0.546. The zero-order chi connectivity index (χ0) is 19.0. The normalized spacial score (nSPS) is 11.4. The standard InChI is InChI=1S/C18H26N2O5/c1-7-8-9-25-12(2)17(21)19-14-11-16(24-6)15(23-5)10-13(14)18(22)20(3)4/h7,10-12H,1,8-9H2,2-6H3,(H,19,21). The van der Waals surface area contributed by atoms with E-state index in [9.17, 15) is 9.59 Å². The van der Waals surface area contributed by atoms with E-state index in [0.717, 1.165) is 0 Å². The van der Waals surface area contributed by atoms with Crippen molar-refractivity contribution < 1.29 is 23.8 Å². The van der Waals surface area contributed by atoms with Crippen LogP contribution in [0.3, 0.4) is 0 Å². The number of carbonyl (C=O) groups excluding carboxylic acids is 2. The van der Waals surface area contributed by atoms with Gasteiger partial charge in [0.15, 0.2) is 11.5 Å². The second kappa shape index (κ2) is 9.68. The number of carbonyl (C=O) groups is 2. The Morgan fingerprint density at radius 3 is 2.36 bits per heavy atom. The van der Waals surface area contributed by atoms with Crippen LogP contribution in [0.15, 0.2) is 24.8 Å². The van der Waals surface area contributed by atoms with E-state index in [-0.39, 0.29) is 11.8 Å². The fourth-order valence-electron chi connectivity index (χ4n) is 2.04. The number of nitrogens with one attached hydrogen (secondary N) is 1. The molecule has 1 N–H and O–H groups in total. The van der Waals surface area contributed by atoms with E-state index < -0.39 is 6.10 Å². The van der Waals surface area contributed by atoms with E-state index >= 15 is 0 Å². The van der Waals surface area contributed by atoms with Crippen LogP contribution in [0, 0.1) is 0 Å². The van der Waals surface area contributed by atoms with Gasteiger partial charge in [0, 0.05) is 20.2 Å². The minimum absolute atomic E-state index is 0.267. The molecule has 1 atom stereocenters. The average molecular weight is 350 g/mol. The number of anilines is 1. The largest absolute Gasteiger partial charge is 0.493 e. The van der Waals surface area contributed by atoms with Gasteiger partial charge in [-0.2, -0.15) is 0 Å². The Balaban J connectivity index is 3.12. The molecular formula is C18H26N2O5. The number of hydrogen-bond donors (Lipinski definition) is 1. The van der Waals surface area contributed by atoms with Crippen LogP contribution in [0.25, 0.3) is 0 Å². The molecule has 0 radical (unpaired) electrons. The van der Waals surface area contributed by atoms with Gasteiger partial charge in [0.2, 0.25) is 0 Å². The Bertz CT molecular complexity index is 628. The third-order valence-electron chi connectivity index (χ3n) is 3.48. The van der Waals surface area contributed by atoms with E-state index in [0.29, 0.717) is 35.8 Å². The highest BCUT2D eigenvalue weighted by Gasteiger charge is 2.21. The molecular weight excluding hydrogens is 324 g/mol. The first-order valence-corrected chi connectivity index (χ1v) is 7.86. The summed E-state index contributed by atoms with van der Waals surface area (Å²) in [7, 11) is 6.23. The van der Waals surface area contributed by atoms with Crippen LogP contribution in [0.4, 0.5) is 5.69 Å². The van der Waals surface area contributed by atoms with E-state index in [4.69, 9.17) is 14.2 Å². The van der Waals surface area contributed by atoms with Gasteiger partial charge in [-0.25, -0.2) is 0 Å². The van der Waals surface area contributed by atoms with E-state index in [2.05, 4.69) is 11.9 Å². The van der Waals surface area contributed by atoms with Gasteiger partial charge < -0.3 is 24.4 Å². The molecule has 0 saturated carbocycles. The van der Waals surface area contributed by atoms with Crippen LogP contribution >= 0.6 is 0 Å². The molecule has 0 aliphatic heterocycles. The van der Waals surface area contributed by atoms with Gasteiger partial charge in [0.05, 0.1) is 32.1 Å². The van der Waals surface area contributed by atoms with E-state index in [1.165, 1.54) is 19.1 Å². The molecule has 1 aromatic carbocycles. The Hall–Kier alpha value is -2.54. The number of methoxy groups -OCH3 is 2. The summed E-state index contributed by atoms with van der Waals surface area (Å²) in [5, 5.41) is 2.73. The van der Waals surface area contributed by atoms with Crippen molar-refractivity contribution >= 4 is 17.5 Å². The molecule has 1 unspecified atom stereocenters. The second-order valence-electron chi connectivity index (χ2n) is 5.53. The van der Waals surface area contributed by atoms with Gasteiger partial charge in [0.1, 0.15) is 6.10 Å². The lowest BCUT2D eigenvalue weighted by molar-refractivity contribution is -0.126. The first-order chi connectivity index (χ1) is 11.8. The van der Waals surface area contributed by atoms with Crippen molar-refractivity contribution in [2.24, 2.45) is 0 Å². The number of ether oxygens (including phenoxy) is 3. The molecule has 1 aromatic rings. The summed E-state index contributed by atoms with van der Waals surface area (Å²) in [6.07, 6.45) is 1.70. The van der Waals surface area contributed by atoms with E-state index in [1.54, 1.807) is 39.2 Å². The lowest BCUT2D eigenvalue weighted by Gasteiger charge is -2.19. The lowest BCUT2D eigenvalue weighted by atomic mass is 10.1. The lowest BCUT2D eigenvalue weighted by Crippen LogP contribution is -2.30. The molecule has 0 fully saturated rings. The van der Waals surface area contributed by atoms with Crippen molar-refractivity contribution in [3.05, 3.63) is 30.4 Å². The van der Waals surface area contributed by atoms with Gasteiger partial charge in [-0.1, -0.05) is 6.08 Å².